The third-order valence-corrected chi connectivity index (χ3v) is 2.39. The minimum absolute atomic E-state index is 0.0429. The predicted molar refractivity (Wildman–Crippen MR) is 68.8 cm³/mol. The number of aliphatic hydroxyl groups excluding tert-OH is 3. The number of amides is 2. The molecule has 4 N–H and O–H groups in total. The summed E-state index contributed by atoms with van der Waals surface area (Å²) in [7, 11) is 0. The Hall–Kier alpha value is -2.04. The van der Waals surface area contributed by atoms with Crippen LogP contribution in [0.1, 0.15) is 32.1 Å². The van der Waals surface area contributed by atoms with Gasteiger partial charge in [-0.1, -0.05) is 0 Å². The number of hydrogen-bond acceptors (Lipinski definition) is 8. The number of carboxylic acids is 1. The van der Waals surface area contributed by atoms with E-state index in [4.69, 9.17) is 20.4 Å². The molecule has 22 heavy (non-hydrogen) atoms. The fourth-order valence-electron chi connectivity index (χ4n) is 1.25. The first-order valence-corrected chi connectivity index (χ1v) is 6.50. The summed E-state index contributed by atoms with van der Waals surface area (Å²) in [5, 5.41) is 32.8. The number of carbonyl (C=O) groups is 4. The molecule has 0 unspecified atom stereocenters. The van der Waals surface area contributed by atoms with Gasteiger partial charge in [0.2, 0.25) is 0 Å². The lowest BCUT2D eigenvalue weighted by atomic mass is 10.2. The van der Waals surface area contributed by atoms with Crippen molar-refractivity contribution in [3.05, 3.63) is 0 Å². The zero-order valence-corrected chi connectivity index (χ0v) is 11.8. The normalized spacial score (nSPS) is 13.9. The van der Waals surface area contributed by atoms with E-state index in [1.807, 2.05) is 0 Å². The van der Waals surface area contributed by atoms with Crippen LogP contribution in [-0.4, -0.2) is 68.6 Å². The maximum atomic E-state index is 11.1. The van der Waals surface area contributed by atoms with Gasteiger partial charge in [-0.25, -0.2) is 4.79 Å². The van der Waals surface area contributed by atoms with Gasteiger partial charge in [-0.05, 0) is 6.42 Å². The van der Waals surface area contributed by atoms with E-state index in [9.17, 15) is 19.2 Å². The summed E-state index contributed by atoms with van der Waals surface area (Å²) in [4.78, 5) is 47.9. The molecule has 126 valence electrons. The zero-order valence-electron chi connectivity index (χ0n) is 11.8. The van der Waals surface area contributed by atoms with Gasteiger partial charge in [-0.3, -0.25) is 14.4 Å². The molecule has 0 spiro atoms. The van der Waals surface area contributed by atoms with E-state index in [2.05, 4.69) is 4.84 Å². The molecular weight excluding hydrogens is 302 g/mol. The zero-order chi connectivity index (χ0) is 17.1. The standard InChI is InChI=1S/C9H11NO6.C3H8O3/c11-6-4-5-7(12)10(6)16-9(15)3-1-2-8(13)14;4-1-3(6)2-5/h1-5H2,(H,13,14);3-6H,1-2H2. The van der Waals surface area contributed by atoms with Crippen molar-refractivity contribution in [2.75, 3.05) is 13.2 Å². The van der Waals surface area contributed by atoms with Gasteiger partial charge in [-0.15, -0.1) is 5.06 Å². The van der Waals surface area contributed by atoms with Crippen LogP contribution in [0, 0.1) is 0 Å². The van der Waals surface area contributed by atoms with Crippen LogP contribution in [0.15, 0.2) is 0 Å². The Bertz CT molecular complexity index is 389. The van der Waals surface area contributed by atoms with Crippen molar-refractivity contribution < 1.29 is 44.4 Å². The average Bonchev–Trinajstić information content (AvgIpc) is 2.78. The Balaban J connectivity index is 0.000000626. The van der Waals surface area contributed by atoms with E-state index >= 15 is 0 Å². The first-order chi connectivity index (χ1) is 10.3. The second kappa shape index (κ2) is 10.7. The Kier molecular flexibility index (Phi) is 9.67. The SMILES string of the molecule is O=C(O)CCCC(=O)ON1C(=O)CCC1=O.OCC(O)CO. The molecule has 1 aliphatic rings. The van der Waals surface area contributed by atoms with E-state index in [0.717, 1.165) is 0 Å². The number of carboxylic acid groups (broad SMARTS) is 1. The summed E-state index contributed by atoms with van der Waals surface area (Å²) >= 11 is 0. The molecule has 0 atom stereocenters. The van der Waals surface area contributed by atoms with Crippen molar-refractivity contribution >= 4 is 23.8 Å². The lowest BCUT2D eigenvalue weighted by Gasteiger charge is -2.11. The molecule has 1 rings (SSSR count). The molecule has 0 aliphatic carbocycles. The van der Waals surface area contributed by atoms with E-state index in [1.165, 1.54) is 0 Å². The molecule has 2 amide bonds. The van der Waals surface area contributed by atoms with E-state index in [-0.39, 0.29) is 45.3 Å². The molecule has 1 fully saturated rings. The van der Waals surface area contributed by atoms with Gasteiger partial charge in [0.1, 0.15) is 6.10 Å². The first-order valence-electron chi connectivity index (χ1n) is 6.50. The van der Waals surface area contributed by atoms with E-state index < -0.39 is 29.9 Å². The minimum Gasteiger partial charge on any atom is -0.481 e. The summed E-state index contributed by atoms with van der Waals surface area (Å²) in [6, 6.07) is 0. The predicted octanol–water partition coefficient (Wildman–Crippen LogP) is -1.82. The highest BCUT2D eigenvalue weighted by molar-refractivity contribution is 6.01. The Morgan fingerprint density at radius 1 is 1.09 bits per heavy atom. The summed E-state index contributed by atoms with van der Waals surface area (Å²) in [6.45, 7) is -0.729. The molecule has 0 radical (unpaired) electrons. The van der Waals surface area contributed by atoms with Crippen LogP contribution in [0.25, 0.3) is 0 Å². The van der Waals surface area contributed by atoms with Gasteiger partial charge in [-0.2, -0.15) is 0 Å². The summed E-state index contributed by atoms with van der Waals surface area (Å²) in [5.41, 5.74) is 0. The van der Waals surface area contributed by atoms with Crippen LogP contribution in [-0.2, 0) is 24.0 Å². The van der Waals surface area contributed by atoms with Crippen molar-refractivity contribution in [2.45, 2.75) is 38.2 Å². The van der Waals surface area contributed by atoms with Crippen molar-refractivity contribution in [3.63, 3.8) is 0 Å². The average molecular weight is 321 g/mol. The summed E-state index contributed by atoms with van der Waals surface area (Å²) < 4.78 is 0. The van der Waals surface area contributed by atoms with Gasteiger partial charge in [0.05, 0.1) is 13.2 Å². The van der Waals surface area contributed by atoms with Crippen LogP contribution < -0.4 is 0 Å². The van der Waals surface area contributed by atoms with E-state index in [0.29, 0.717) is 5.06 Å². The Morgan fingerprint density at radius 3 is 1.95 bits per heavy atom. The number of hydrogen-bond donors (Lipinski definition) is 4. The second-order valence-corrected chi connectivity index (χ2v) is 4.31. The number of aliphatic hydroxyl groups is 3. The Morgan fingerprint density at radius 2 is 1.59 bits per heavy atom. The number of carbonyl (C=O) groups excluding carboxylic acids is 3. The van der Waals surface area contributed by atoms with Gasteiger partial charge in [0, 0.05) is 25.7 Å². The minimum atomic E-state index is -1.01. The van der Waals surface area contributed by atoms with Crippen LogP contribution in [0.2, 0.25) is 0 Å². The molecule has 0 saturated carbocycles. The van der Waals surface area contributed by atoms with Gasteiger partial charge >= 0.3 is 11.9 Å². The van der Waals surface area contributed by atoms with Crippen LogP contribution in [0.5, 0.6) is 0 Å². The molecule has 0 aromatic heterocycles. The first kappa shape index (κ1) is 20.0. The molecule has 1 heterocycles. The number of imide groups is 1. The lowest BCUT2D eigenvalue weighted by molar-refractivity contribution is -0.197. The van der Waals surface area contributed by atoms with E-state index in [1.54, 1.807) is 0 Å². The maximum absolute atomic E-state index is 11.1. The van der Waals surface area contributed by atoms with Gasteiger partial charge in [0.15, 0.2) is 0 Å². The van der Waals surface area contributed by atoms with Gasteiger partial charge < -0.3 is 25.3 Å². The van der Waals surface area contributed by atoms with Crippen LogP contribution in [0.4, 0.5) is 0 Å². The highest BCUT2D eigenvalue weighted by Gasteiger charge is 2.32. The van der Waals surface area contributed by atoms with Crippen molar-refractivity contribution in [1.82, 2.24) is 5.06 Å². The van der Waals surface area contributed by atoms with Gasteiger partial charge in [0.25, 0.3) is 11.8 Å². The number of nitrogens with zero attached hydrogens (tertiary/aromatic N) is 1. The fraction of sp³-hybridized carbons (Fsp3) is 0.667. The number of aliphatic carboxylic acids is 1. The molecule has 0 aromatic rings. The van der Waals surface area contributed by atoms with Crippen LogP contribution >= 0.6 is 0 Å². The molecule has 10 heteroatoms. The lowest BCUT2D eigenvalue weighted by Crippen LogP contribution is -2.32. The largest absolute Gasteiger partial charge is 0.481 e. The summed E-state index contributed by atoms with van der Waals surface area (Å²) in [5.74, 6) is -2.88. The molecule has 1 saturated heterocycles. The van der Waals surface area contributed by atoms with Crippen molar-refractivity contribution in [1.29, 1.82) is 0 Å². The maximum Gasteiger partial charge on any atom is 0.333 e. The smallest absolute Gasteiger partial charge is 0.333 e. The molecule has 1 aliphatic heterocycles. The topological polar surface area (TPSA) is 162 Å². The third kappa shape index (κ3) is 8.29. The quantitative estimate of drug-likeness (QED) is 0.395. The van der Waals surface area contributed by atoms with Crippen LogP contribution in [0.3, 0.4) is 0 Å². The molecule has 0 aromatic carbocycles. The molecular formula is C12H19NO9. The monoisotopic (exact) mass is 321 g/mol. The molecule has 10 nitrogen and oxygen atoms in total. The number of hydroxylamine groups is 2. The third-order valence-electron chi connectivity index (χ3n) is 2.39. The number of rotatable bonds is 7. The summed E-state index contributed by atoms with van der Waals surface area (Å²) in [6.07, 6.45) is -1.04. The highest BCUT2D eigenvalue weighted by Crippen LogP contribution is 2.13. The Labute approximate surface area is 125 Å². The highest BCUT2D eigenvalue weighted by atomic mass is 16.7. The van der Waals surface area contributed by atoms with Crippen molar-refractivity contribution in [3.8, 4) is 0 Å². The van der Waals surface area contributed by atoms with Crippen molar-refractivity contribution in [2.24, 2.45) is 0 Å². The molecule has 0 bridgehead atoms. The fourth-order valence-corrected chi connectivity index (χ4v) is 1.25. The second-order valence-electron chi connectivity index (χ2n) is 4.31.